The van der Waals surface area contributed by atoms with Gasteiger partial charge in [0.25, 0.3) is 0 Å². The molecule has 2 rings (SSSR count). The Balaban J connectivity index is 2.01. The third kappa shape index (κ3) is 2.56. The first-order valence-electron chi connectivity index (χ1n) is 6.16. The predicted octanol–water partition coefficient (Wildman–Crippen LogP) is 3.23. The first-order valence-corrected chi connectivity index (χ1v) is 6.16. The molecule has 2 heteroatoms. The fourth-order valence-corrected chi connectivity index (χ4v) is 2.02. The normalized spacial score (nSPS) is 19.4. The molecule has 1 aromatic carbocycles. The standard InChI is InChI=1S/C14H21NO/c1-3-12(15-10-14(2)8-9-14)11-6-4-5-7-13(11)16/h4-7,12,15-16H,3,8-10H2,1-2H3. The predicted molar refractivity (Wildman–Crippen MR) is 66.5 cm³/mol. The maximum absolute atomic E-state index is 9.82. The van der Waals surface area contributed by atoms with E-state index in [-0.39, 0.29) is 6.04 Å². The molecule has 0 spiro atoms. The topological polar surface area (TPSA) is 32.3 Å². The Morgan fingerprint density at radius 3 is 2.62 bits per heavy atom. The van der Waals surface area contributed by atoms with Crippen LogP contribution in [0.25, 0.3) is 0 Å². The van der Waals surface area contributed by atoms with Gasteiger partial charge in [0.2, 0.25) is 0 Å². The van der Waals surface area contributed by atoms with Crippen LogP contribution < -0.4 is 5.32 Å². The summed E-state index contributed by atoms with van der Waals surface area (Å²) in [6.45, 7) is 5.52. The molecular formula is C14H21NO. The number of rotatable bonds is 5. The maximum atomic E-state index is 9.82. The zero-order valence-electron chi connectivity index (χ0n) is 10.2. The van der Waals surface area contributed by atoms with Gasteiger partial charge in [-0.2, -0.15) is 0 Å². The molecule has 16 heavy (non-hydrogen) atoms. The minimum Gasteiger partial charge on any atom is -0.508 e. The lowest BCUT2D eigenvalue weighted by atomic mass is 10.0. The first kappa shape index (κ1) is 11.5. The van der Waals surface area contributed by atoms with Crippen LogP contribution in [-0.4, -0.2) is 11.7 Å². The summed E-state index contributed by atoms with van der Waals surface area (Å²) in [7, 11) is 0. The van der Waals surface area contributed by atoms with Crippen molar-refractivity contribution in [3.05, 3.63) is 29.8 Å². The maximum Gasteiger partial charge on any atom is 0.120 e. The molecule has 0 radical (unpaired) electrons. The zero-order chi connectivity index (χ0) is 11.6. The van der Waals surface area contributed by atoms with Crippen LogP contribution in [-0.2, 0) is 0 Å². The monoisotopic (exact) mass is 219 g/mol. The Morgan fingerprint density at radius 1 is 1.38 bits per heavy atom. The van der Waals surface area contributed by atoms with Crippen LogP contribution in [0.4, 0.5) is 0 Å². The lowest BCUT2D eigenvalue weighted by Crippen LogP contribution is -2.26. The highest BCUT2D eigenvalue weighted by atomic mass is 16.3. The molecule has 0 aromatic heterocycles. The molecule has 0 saturated heterocycles. The third-order valence-corrected chi connectivity index (χ3v) is 3.60. The minimum atomic E-state index is 0.277. The van der Waals surface area contributed by atoms with Gasteiger partial charge in [-0.15, -0.1) is 0 Å². The molecule has 0 amide bonds. The van der Waals surface area contributed by atoms with Gasteiger partial charge in [0.15, 0.2) is 0 Å². The highest BCUT2D eigenvalue weighted by Gasteiger charge is 2.37. The average Bonchev–Trinajstić information content (AvgIpc) is 3.00. The highest BCUT2D eigenvalue weighted by Crippen LogP contribution is 2.44. The SMILES string of the molecule is CCC(NCC1(C)CC1)c1ccccc1O. The van der Waals surface area contributed by atoms with E-state index in [1.54, 1.807) is 6.07 Å². The van der Waals surface area contributed by atoms with Crippen molar-refractivity contribution >= 4 is 0 Å². The van der Waals surface area contributed by atoms with E-state index < -0.39 is 0 Å². The van der Waals surface area contributed by atoms with Gasteiger partial charge in [-0.05, 0) is 30.7 Å². The van der Waals surface area contributed by atoms with E-state index in [4.69, 9.17) is 0 Å². The lowest BCUT2D eigenvalue weighted by molar-refractivity contribution is 0.410. The van der Waals surface area contributed by atoms with Gasteiger partial charge in [0.05, 0.1) is 0 Å². The van der Waals surface area contributed by atoms with Crippen molar-refractivity contribution in [1.82, 2.24) is 5.32 Å². The summed E-state index contributed by atoms with van der Waals surface area (Å²) in [6.07, 6.45) is 3.67. The van der Waals surface area contributed by atoms with Crippen molar-refractivity contribution in [2.24, 2.45) is 5.41 Å². The van der Waals surface area contributed by atoms with Gasteiger partial charge in [0, 0.05) is 18.2 Å². The molecule has 0 heterocycles. The van der Waals surface area contributed by atoms with E-state index in [1.807, 2.05) is 18.2 Å². The molecule has 1 aliphatic carbocycles. The van der Waals surface area contributed by atoms with Crippen molar-refractivity contribution in [2.45, 2.75) is 39.2 Å². The lowest BCUT2D eigenvalue weighted by Gasteiger charge is -2.20. The molecule has 1 aromatic rings. The van der Waals surface area contributed by atoms with Crippen molar-refractivity contribution in [2.75, 3.05) is 6.54 Å². The van der Waals surface area contributed by atoms with Crippen LogP contribution in [0.2, 0.25) is 0 Å². The highest BCUT2D eigenvalue weighted by molar-refractivity contribution is 5.34. The summed E-state index contributed by atoms with van der Waals surface area (Å²) in [6, 6.07) is 7.90. The second-order valence-corrected chi connectivity index (χ2v) is 5.21. The molecule has 1 fully saturated rings. The third-order valence-electron chi connectivity index (χ3n) is 3.60. The second kappa shape index (κ2) is 4.46. The number of para-hydroxylation sites is 1. The summed E-state index contributed by atoms with van der Waals surface area (Å²) < 4.78 is 0. The van der Waals surface area contributed by atoms with E-state index in [0.29, 0.717) is 11.2 Å². The molecule has 2 N–H and O–H groups in total. The largest absolute Gasteiger partial charge is 0.508 e. The van der Waals surface area contributed by atoms with Crippen molar-refractivity contribution < 1.29 is 5.11 Å². The summed E-state index contributed by atoms with van der Waals surface area (Å²) in [4.78, 5) is 0. The Bertz CT molecular complexity index is 358. The second-order valence-electron chi connectivity index (χ2n) is 5.21. The van der Waals surface area contributed by atoms with Crippen LogP contribution in [0.3, 0.4) is 0 Å². The molecular weight excluding hydrogens is 198 g/mol. The quantitative estimate of drug-likeness (QED) is 0.797. The summed E-state index contributed by atoms with van der Waals surface area (Å²) in [5.41, 5.74) is 1.53. The number of hydrogen-bond acceptors (Lipinski definition) is 2. The Labute approximate surface area is 97.7 Å². The van der Waals surface area contributed by atoms with Crippen LogP contribution in [0.5, 0.6) is 5.75 Å². The Kier molecular flexibility index (Phi) is 3.20. The Morgan fingerprint density at radius 2 is 2.06 bits per heavy atom. The van der Waals surface area contributed by atoms with Gasteiger partial charge in [-0.1, -0.05) is 32.0 Å². The van der Waals surface area contributed by atoms with E-state index in [9.17, 15) is 5.11 Å². The summed E-state index contributed by atoms with van der Waals surface area (Å²) in [5.74, 6) is 0.405. The van der Waals surface area contributed by atoms with Crippen molar-refractivity contribution in [1.29, 1.82) is 0 Å². The van der Waals surface area contributed by atoms with Crippen molar-refractivity contribution in [3.63, 3.8) is 0 Å². The minimum absolute atomic E-state index is 0.277. The molecule has 1 atom stereocenters. The number of benzene rings is 1. The van der Waals surface area contributed by atoms with E-state index in [0.717, 1.165) is 18.5 Å². The zero-order valence-corrected chi connectivity index (χ0v) is 10.2. The summed E-state index contributed by atoms with van der Waals surface area (Å²) >= 11 is 0. The van der Waals surface area contributed by atoms with Gasteiger partial charge < -0.3 is 10.4 Å². The molecule has 2 nitrogen and oxygen atoms in total. The smallest absolute Gasteiger partial charge is 0.120 e. The number of hydrogen-bond donors (Lipinski definition) is 2. The number of phenolic OH excluding ortho intramolecular Hbond substituents is 1. The van der Waals surface area contributed by atoms with Gasteiger partial charge in [-0.25, -0.2) is 0 Å². The number of phenols is 1. The number of aromatic hydroxyl groups is 1. The van der Waals surface area contributed by atoms with Gasteiger partial charge in [0.1, 0.15) is 5.75 Å². The van der Waals surface area contributed by atoms with E-state index in [2.05, 4.69) is 19.2 Å². The molecule has 1 saturated carbocycles. The number of nitrogens with one attached hydrogen (secondary N) is 1. The van der Waals surface area contributed by atoms with Crippen molar-refractivity contribution in [3.8, 4) is 5.75 Å². The van der Waals surface area contributed by atoms with Crippen LogP contribution >= 0.6 is 0 Å². The first-order chi connectivity index (χ1) is 7.64. The molecule has 88 valence electrons. The molecule has 1 unspecified atom stereocenters. The van der Waals surface area contributed by atoms with Gasteiger partial charge in [-0.3, -0.25) is 0 Å². The van der Waals surface area contributed by atoms with E-state index in [1.165, 1.54) is 12.8 Å². The fraction of sp³-hybridized carbons (Fsp3) is 0.571. The van der Waals surface area contributed by atoms with Crippen LogP contribution in [0.15, 0.2) is 24.3 Å². The average molecular weight is 219 g/mol. The molecule has 0 bridgehead atoms. The molecule has 1 aliphatic rings. The fourth-order valence-electron chi connectivity index (χ4n) is 2.02. The van der Waals surface area contributed by atoms with E-state index >= 15 is 0 Å². The summed E-state index contributed by atoms with van der Waals surface area (Å²) in [5, 5.41) is 13.4. The van der Waals surface area contributed by atoms with Crippen LogP contribution in [0.1, 0.15) is 44.7 Å². The van der Waals surface area contributed by atoms with Gasteiger partial charge >= 0.3 is 0 Å². The molecule has 0 aliphatic heterocycles. The van der Waals surface area contributed by atoms with Crippen LogP contribution in [0, 0.1) is 5.41 Å². The Hall–Kier alpha value is -1.02.